The zero-order chi connectivity index (χ0) is 12.2. The van der Waals surface area contributed by atoms with Crippen molar-refractivity contribution in [2.45, 2.75) is 33.2 Å². The molecule has 4 heteroatoms. The molecule has 0 saturated heterocycles. The molecule has 0 atom stereocenters. The van der Waals surface area contributed by atoms with Gasteiger partial charge in [-0.3, -0.25) is 4.79 Å². The fourth-order valence-electron chi connectivity index (χ4n) is 1.40. The molecule has 0 radical (unpaired) electrons. The zero-order valence-corrected chi connectivity index (χ0v) is 10.3. The number of anilines is 1. The van der Waals surface area contributed by atoms with Crippen molar-refractivity contribution in [2.24, 2.45) is 0 Å². The van der Waals surface area contributed by atoms with Gasteiger partial charge in [0.15, 0.2) is 0 Å². The van der Waals surface area contributed by atoms with Crippen LogP contribution in [0.4, 0.5) is 5.82 Å². The van der Waals surface area contributed by atoms with Gasteiger partial charge in [-0.25, -0.2) is 4.98 Å². The predicted molar refractivity (Wildman–Crippen MR) is 65.4 cm³/mol. The Kier molecular flexibility index (Phi) is 4.01. The molecule has 0 aromatic carbocycles. The van der Waals surface area contributed by atoms with Gasteiger partial charge in [-0.05, 0) is 38.9 Å². The third kappa shape index (κ3) is 3.03. The van der Waals surface area contributed by atoms with Crippen LogP contribution < -0.4 is 10.6 Å². The fourth-order valence-corrected chi connectivity index (χ4v) is 1.40. The van der Waals surface area contributed by atoms with Crippen molar-refractivity contribution in [3.63, 3.8) is 0 Å². The van der Waals surface area contributed by atoms with Crippen molar-refractivity contribution in [1.29, 1.82) is 0 Å². The van der Waals surface area contributed by atoms with Crippen molar-refractivity contribution >= 4 is 11.7 Å². The molecule has 16 heavy (non-hydrogen) atoms. The molecule has 0 unspecified atom stereocenters. The van der Waals surface area contributed by atoms with E-state index in [-0.39, 0.29) is 5.91 Å². The minimum Gasteiger partial charge on any atom is -0.309 e. The average Bonchev–Trinajstić information content (AvgIpc) is 2.21. The molecule has 1 aromatic rings. The number of aromatic nitrogens is 1. The Labute approximate surface area is 96.5 Å². The van der Waals surface area contributed by atoms with Crippen molar-refractivity contribution in [1.82, 2.24) is 10.3 Å². The molecule has 88 valence electrons. The lowest BCUT2D eigenvalue weighted by Crippen LogP contribution is -2.49. The van der Waals surface area contributed by atoms with Crippen molar-refractivity contribution in [3.05, 3.63) is 23.9 Å². The Bertz CT molecular complexity index is 374. The van der Waals surface area contributed by atoms with Gasteiger partial charge in [0.2, 0.25) is 5.91 Å². The summed E-state index contributed by atoms with van der Waals surface area (Å²) in [5, 5.41) is 5.94. The summed E-state index contributed by atoms with van der Waals surface area (Å²) in [6.45, 7) is 8.35. The molecule has 4 nitrogen and oxygen atoms in total. The van der Waals surface area contributed by atoms with Crippen LogP contribution in [0.25, 0.3) is 0 Å². The predicted octanol–water partition coefficient (Wildman–Crippen LogP) is 1.72. The van der Waals surface area contributed by atoms with Crippen LogP contribution in [-0.4, -0.2) is 23.0 Å². The van der Waals surface area contributed by atoms with Crippen LogP contribution in [0.1, 0.15) is 26.3 Å². The Balaban J connectivity index is 2.75. The highest BCUT2D eigenvalue weighted by molar-refractivity contribution is 5.97. The second kappa shape index (κ2) is 5.07. The molecule has 1 rings (SSSR count). The Morgan fingerprint density at radius 3 is 2.75 bits per heavy atom. The van der Waals surface area contributed by atoms with Crippen LogP contribution in [0, 0.1) is 6.92 Å². The molecular formula is C12H19N3O. The lowest BCUT2D eigenvalue weighted by atomic mass is 10.0. The van der Waals surface area contributed by atoms with Gasteiger partial charge >= 0.3 is 0 Å². The lowest BCUT2D eigenvalue weighted by Gasteiger charge is -2.24. The van der Waals surface area contributed by atoms with Gasteiger partial charge in [-0.2, -0.15) is 0 Å². The van der Waals surface area contributed by atoms with E-state index in [0.717, 1.165) is 12.1 Å². The first-order chi connectivity index (χ1) is 7.47. The Hall–Kier alpha value is -1.42. The molecule has 1 heterocycles. The molecular weight excluding hydrogens is 202 g/mol. The number of rotatable bonds is 4. The first-order valence-electron chi connectivity index (χ1n) is 5.45. The number of nitrogens with one attached hydrogen (secondary N) is 2. The van der Waals surface area contributed by atoms with Crippen molar-refractivity contribution < 1.29 is 4.79 Å². The molecule has 2 N–H and O–H groups in total. The molecule has 1 aromatic heterocycles. The molecule has 0 aliphatic heterocycles. The van der Waals surface area contributed by atoms with Gasteiger partial charge in [0.25, 0.3) is 0 Å². The molecule has 0 aliphatic carbocycles. The fraction of sp³-hybridized carbons (Fsp3) is 0.500. The Morgan fingerprint density at radius 1 is 1.50 bits per heavy atom. The second-order valence-corrected chi connectivity index (χ2v) is 4.28. The van der Waals surface area contributed by atoms with E-state index in [4.69, 9.17) is 0 Å². The van der Waals surface area contributed by atoms with E-state index < -0.39 is 5.54 Å². The van der Waals surface area contributed by atoms with Crippen LogP contribution in [0.3, 0.4) is 0 Å². The Morgan fingerprint density at radius 2 is 2.19 bits per heavy atom. The van der Waals surface area contributed by atoms with Crippen LogP contribution in [0.15, 0.2) is 18.3 Å². The molecule has 0 spiro atoms. The maximum atomic E-state index is 12.0. The zero-order valence-electron chi connectivity index (χ0n) is 10.3. The van der Waals surface area contributed by atoms with E-state index in [1.165, 1.54) is 0 Å². The van der Waals surface area contributed by atoms with Crippen molar-refractivity contribution in [3.8, 4) is 0 Å². The van der Waals surface area contributed by atoms with Gasteiger partial charge in [-0.15, -0.1) is 0 Å². The smallest absolute Gasteiger partial charge is 0.245 e. The molecule has 0 bridgehead atoms. The van der Waals surface area contributed by atoms with Crippen LogP contribution >= 0.6 is 0 Å². The monoisotopic (exact) mass is 221 g/mol. The number of hydrogen-bond donors (Lipinski definition) is 2. The molecule has 0 fully saturated rings. The van der Waals surface area contributed by atoms with Crippen LogP contribution in [-0.2, 0) is 4.79 Å². The van der Waals surface area contributed by atoms with E-state index >= 15 is 0 Å². The standard InChI is InChI=1S/C12H19N3O/c1-5-14-12(3,4)11(16)15-10-9(2)7-6-8-13-10/h6-8,14H,5H2,1-4H3,(H,13,15,16). The van der Waals surface area contributed by atoms with E-state index in [2.05, 4.69) is 15.6 Å². The van der Waals surface area contributed by atoms with Gasteiger partial charge in [0, 0.05) is 6.20 Å². The van der Waals surface area contributed by atoms with Gasteiger partial charge in [0.1, 0.15) is 5.82 Å². The maximum Gasteiger partial charge on any atom is 0.245 e. The van der Waals surface area contributed by atoms with E-state index in [0.29, 0.717) is 5.82 Å². The average molecular weight is 221 g/mol. The SMILES string of the molecule is CCNC(C)(C)C(=O)Nc1ncccc1C. The number of carbonyl (C=O) groups excluding carboxylic acids is 1. The first-order valence-corrected chi connectivity index (χ1v) is 5.45. The minimum atomic E-state index is -0.585. The summed E-state index contributed by atoms with van der Waals surface area (Å²) in [5.74, 6) is 0.551. The van der Waals surface area contributed by atoms with Gasteiger partial charge in [0.05, 0.1) is 5.54 Å². The second-order valence-electron chi connectivity index (χ2n) is 4.28. The van der Waals surface area contributed by atoms with Gasteiger partial charge < -0.3 is 10.6 Å². The third-order valence-corrected chi connectivity index (χ3v) is 2.43. The van der Waals surface area contributed by atoms with E-state index in [1.807, 2.05) is 39.8 Å². The van der Waals surface area contributed by atoms with E-state index in [9.17, 15) is 4.79 Å². The number of pyridine rings is 1. The normalized spacial score (nSPS) is 11.2. The minimum absolute atomic E-state index is 0.0730. The molecule has 1 amide bonds. The number of likely N-dealkylation sites (N-methyl/N-ethyl adjacent to an activating group) is 1. The van der Waals surface area contributed by atoms with Crippen LogP contribution in [0.5, 0.6) is 0 Å². The van der Waals surface area contributed by atoms with Gasteiger partial charge in [-0.1, -0.05) is 13.0 Å². The number of carbonyl (C=O) groups is 1. The summed E-state index contributed by atoms with van der Waals surface area (Å²) in [5.41, 5.74) is 0.377. The largest absolute Gasteiger partial charge is 0.309 e. The quantitative estimate of drug-likeness (QED) is 0.814. The number of nitrogens with zero attached hydrogens (tertiary/aromatic N) is 1. The third-order valence-electron chi connectivity index (χ3n) is 2.43. The number of amides is 1. The summed E-state index contributed by atoms with van der Waals surface area (Å²) in [6, 6.07) is 3.77. The lowest BCUT2D eigenvalue weighted by molar-refractivity contribution is -0.121. The summed E-state index contributed by atoms with van der Waals surface area (Å²) in [6.07, 6.45) is 1.67. The number of aryl methyl sites for hydroxylation is 1. The highest BCUT2D eigenvalue weighted by Crippen LogP contribution is 2.12. The molecule has 0 saturated carbocycles. The van der Waals surface area contributed by atoms with Crippen LogP contribution in [0.2, 0.25) is 0 Å². The number of hydrogen-bond acceptors (Lipinski definition) is 3. The summed E-state index contributed by atoms with van der Waals surface area (Å²) in [4.78, 5) is 16.1. The summed E-state index contributed by atoms with van der Waals surface area (Å²) in [7, 11) is 0. The topological polar surface area (TPSA) is 54.0 Å². The molecule has 0 aliphatic rings. The highest BCUT2D eigenvalue weighted by atomic mass is 16.2. The van der Waals surface area contributed by atoms with E-state index in [1.54, 1.807) is 6.20 Å². The maximum absolute atomic E-state index is 12.0. The highest BCUT2D eigenvalue weighted by Gasteiger charge is 2.26. The van der Waals surface area contributed by atoms with Crippen molar-refractivity contribution in [2.75, 3.05) is 11.9 Å². The first kappa shape index (κ1) is 12.6. The summed E-state index contributed by atoms with van der Waals surface area (Å²) < 4.78 is 0. The summed E-state index contributed by atoms with van der Waals surface area (Å²) >= 11 is 0.